The second-order valence-electron chi connectivity index (χ2n) is 5.63. The molecule has 2 aromatic carbocycles. The van der Waals surface area contributed by atoms with E-state index in [1.807, 2.05) is 38.1 Å². The van der Waals surface area contributed by atoms with Gasteiger partial charge in [0.25, 0.3) is 0 Å². The van der Waals surface area contributed by atoms with E-state index in [0.29, 0.717) is 23.7 Å². The van der Waals surface area contributed by atoms with Crippen LogP contribution in [0.2, 0.25) is 0 Å². The van der Waals surface area contributed by atoms with E-state index in [4.69, 9.17) is 4.74 Å². The highest BCUT2D eigenvalue weighted by Gasteiger charge is 2.10. The summed E-state index contributed by atoms with van der Waals surface area (Å²) in [5, 5.41) is 2.89. The minimum absolute atomic E-state index is 0.0720. The number of rotatable bonds is 8. The molecule has 0 aromatic heterocycles. The predicted octanol–water partition coefficient (Wildman–Crippen LogP) is 3.95. The Labute approximate surface area is 146 Å². The van der Waals surface area contributed by atoms with Crippen molar-refractivity contribution in [1.29, 1.82) is 0 Å². The lowest BCUT2D eigenvalue weighted by Gasteiger charge is -2.16. The average molecular weight is 347 g/mol. The molecular formula is C19H22FNO2S. The van der Waals surface area contributed by atoms with E-state index in [2.05, 4.69) is 5.32 Å². The molecule has 0 saturated heterocycles. The molecule has 1 atom stereocenters. The van der Waals surface area contributed by atoms with Crippen LogP contribution in [0.3, 0.4) is 0 Å². The van der Waals surface area contributed by atoms with Gasteiger partial charge in [-0.2, -0.15) is 0 Å². The first-order valence-corrected chi connectivity index (χ1v) is 9.00. The van der Waals surface area contributed by atoms with Crippen LogP contribution in [0.1, 0.15) is 18.1 Å². The molecule has 0 saturated carbocycles. The van der Waals surface area contributed by atoms with Gasteiger partial charge in [-0.05, 0) is 37.1 Å². The normalized spacial score (nSPS) is 11.8. The van der Waals surface area contributed by atoms with Crippen LogP contribution in [0.25, 0.3) is 0 Å². The van der Waals surface area contributed by atoms with Crippen molar-refractivity contribution < 1.29 is 13.9 Å². The molecular weight excluding hydrogens is 325 g/mol. The lowest BCUT2D eigenvalue weighted by Crippen LogP contribution is -2.37. The molecule has 0 unspecified atom stereocenters. The fraction of sp³-hybridized carbons (Fsp3) is 0.316. The fourth-order valence-corrected chi connectivity index (χ4v) is 2.99. The van der Waals surface area contributed by atoms with E-state index in [-0.39, 0.29) is 17.8 Å². The van der Waals surface area contributed by atoms with Gasteiger partial charge in [0.15, 0.2) is 0 Å². The molecule has 3 nitrogen and oxygen atoms in total. The number of benzene rings is 2. The quantitative estimate of drug-likeness (QED) is 0.786. The third kappa shape index (κ3) is 5.89. The van der Waals surface area contributed by atoms with Crippen molar-refractivity contribution in [3.8, 4) is 5.75 Å². The molecule has 0 aliphatic rings. The Morgan fingerprint density at radius 2 is 1.92 bits per heavy atom. The Balaban J connectivity index is 1.68. The van der Waals surface area contributed by atoms with Gasteiger partial charge < -0.3 is 10.1 Å². The van der Waals surface area contributed by atoms with Gasteiger partial charge in [-0.1, -0.05) is 36.4 Å². The van der Waals surface area contributed by atoms with Crippen LogP contribution in [0.15, 0.2) is 48.5 Å². The number of carbonyl (C=O) groups is 1. The number of amides is 1. The van der Waals surface area contributed by atoms with E-state index in [9.17, 15) is 9.18 Å². The molecule has 5 heteroatoms. The van der Waals surface area contributed by atoms with Crippen LogP contribution in [-0.2, 0) is 10.5 Å². The van der Waals surface area contributed by atoms with Crippen LogP contribution in [-0.4, -0.2) is 24.3 Å². The fourth-order valence-electron chi connectivity index (χ4n) is 2.16. The molecule has 1 N–H and O–H groups in total. The van der Waals surface area contributed by atoms with Gasteiger partial charge in [0.1, 0.15) is 18.2 Å². The molecule has 0 heterocycles. The lowest BCUT2D eigenvalue weighted by molar-refractivity contribution is -0.119. The molecule has 2 aromatic rings. The van der Waals surface area contributed by atoms with Crippen molar-refractivity contribution in [1.82, 2.24) is 5.32 Å². The van der Waals surface area contributed by atoms with Gasteiger partial charge in [-0.15, -0.1) is 11.8 Å². The van der Waals surface area contributed by atoms with Crippen molar-refractivity contribution in [2.75, 3.05) is 12.4 Å². The summed E-state index contributed by atoms with van der Waals surface area (Å²) in [7, 11) is 0. The Hall–Kier alpha value is -2.01. The summed E-state index contributed by atoms with van der Waals surface area (Å²) in [6.45, 7) is 4.30. The van der Waals surface area contributed by atoms with Crippen LogP contribution >= 0.6 is 11.8 Å². The first-order chi connectivity index (χ1) is 11.6. The third-order valence-corrected chi connectivity index (χ3v) is 4.42. The maximum Gasteiger partial charge on any atom is 0.230 e. The average Bonchev–Trinajstić information content (AvgIpc) is 2.56. The summed E-state index contributed by atoms with van der Waals surface area (Å²) >= 11 is 1.39. The van der Waals surface area contributed by atoms with E-state index >= 15 is 0 Å². The number of hydrogen-bond donors (Lipinski definition) is 1. The van der Waals surface area contributed by atoms with Crippen molar-refractivity contribution >= 4 is 17.7 Å². The smallest absolute Gasteiger partial charge is 0.230 e. The summed E-state index contributed by atoms with van der Waals surface area (Å²) < 4.78 is 19.2. The van der Waals surface area contributed by atoms with E-state index in [0.717, 1.165) is 11.3 Å². The van der Waals surface area contributed by atoms with Gasteiger partial charge >= 0.3 is 0 Å². The molecule has 0 radical (unpaired) electrons. The minimum Gasteiger partial charge on any atom is -0.491 e. The van der Waals surface area contributed by atoms with E-state index in [1.165, 1.54) is 17.8 Å². The van der Waals surface area contributed by atoms with Crippen molar-refractivity contribution in [2.24, 2.45) is 0 Å². The lowest BCUT2D eigenvalue weighted by atomic mass is 10.2. The van der Waals surface area contributed by atoms with Crippen LogP contribution < -0.4 is 10.1 Å². The molecule has 0 aliphatic heterocycles. The van der Waals surface area contributed by atoms with Crippen LogP contribution in [0, 0.1) is 12.7 Å². The molecule has 0 aliphatic carbocycles. The number of thioether (sulfide) groups is 1. The van der Waals surface area contributed by atoms with Gasteiger partial charge in [0, 0.05) is 5.75 Å². The number of aryl methyl sites for hydroxylation is 1. The minimum atomic E-state index is -0.231. The Morgan fingerprint density at radius 3 is 2.67 bits per heavy atom. The van der Waals surface area contributed by atoms with Gasteiger partial charge in [-0.3, -0.25) is 4.79 Å². The van der Waals surface area contributed by atoms with Gasteiger partial charge in [0.05, 0.1) is 11.8 Å². The number of carbonyl (C=O) groups excluding carboxylic acids is 1. The second kappa shape index (κ2) is 9.33. The number of nitrogens with one attached hydrogen (secondary N) is 1. The molecule has 2 rings (SSSR count). The second-order valence-corrected chi connectivity index (χ2v) is 6.61. The number of ether oxygens (including phenoxy) is 1. The third-order valence-electron chi connectivity index (χ3n) is 3.44. The van der Waals surface area contributed by atoms with E-state index < -0.39 is 0 Å². The topological polar surface area (TPSA) is 38.3 Å². The molecule has 0 spiro atoms. The standard InChI is InChI=1S/C19H22FNO2S/c1-14-7-3-6-10-18(14)23-11-15(2)21-19(22)13-24-12-16-8-4-5-9-17(16)20/h3-10,15H,11-13H2,1-2H3,(H,21,22)/t15-/m1/s1. The van der Waals surface area contributed by atoms with Crippen molar-refractivity contribution in [2.45, 2.75) is 25.6 Å². The first-order valence-electron chi connectivity index (χ1n) is 7.85. The van der Waals surface area contributed by atoms with Gasteiger partial charge in [-0.25, -0.2) is 4.39 Å². The van der Waals surface area contributed by atoms with Crippen LogP contribution in [0.5, 0.6) is 5.75 Å². The Kier molecular flexibility index (Phi) is 7.12. The van der Waals surface area contributed by atoms with Gasteiger partial charge in [0.2, 0.25) is 5.91 Å². The zero-order valence-electron chi connectivity index (χ0n) is 13.9. The molecule has 0 fully saturated rings. The summed E-state index contributed by atoms with van der Waals surface area (Å²) in [5.41, 5.74) is 1.68. The monoisotopic (exact) mass is 347 g/mol. The number of para-hydroxylation sites is 1. The maximum atomic E-state index is 13.5. The largest absolute Gasteiger partial charge is 0.491 e. The first kappa shape index (κ1) is 18.3. The summed E-state index contributed by atoms with van der Waals surface area (Å²) in [6.07, 6.45) is 0. The maximum absolute atomic E-state index is 13.5. The zero-order valence-corrected chi connectivity index (χ0v) is 14.7. The highest BCUT2D eigenvalue weighted by Crippen LogP contribution is 2.17. The highest BCUT2D eigenvalue weighted by molar-refractivity contribution is 7.99. The highest BCUT2D eigenvalue weighted by atomic mass is 32.2. The summed E-state index contributed by atoms with van der Waals surface area (Å²) in [6, 6.07) is 14.3. The number of halogens is 1. The number of hydrogen-bond acceptors (Lipinski definition) is 3. The SMILES string of the molecule is Cc1ccccc1OC[C@@H](C)NC(=O)CSCc1ccccc1F. The summed E-state index contributed by atoms with van der Waals surface area (Å²) in [4.78, 5) is 11.9. The Morgan fingerprint density at radius 1 is 1.21 bits per heavy atom. The van der Waals surface area contributed by atoms with E-state index in [1.54, 1.807) is 18.2 Å². The predicted molar refractivity (Wildman–Crippen MR) is 96.8 cm³/mol. The van der Waals surface area contributed by atoms with Crippen LogP contribution in [0.4, 0.5) is 4.39 Å². The summed E-state index contributed by atoms with van der Waals surface area (Å²) in [5.74, 6) is 1.30. The van der Waals surface area contributed by atoms with Crippen molar-refractivity contribution in [3.05, 3.63) is 65.5 Å². The Bertz CT molecular complexity index is 678. The molecule has 128 valence electrons. The van der Waals surface area contributed by atoms with Crippen molar-refractivity contribution in [3.63, 3.8) is 0 Å². The molecule has 0 bridgehead atoms. The zero-order chi connectivity index (χ0) is 17.4. The molecule has 1 amide bonds. The molecule has 24 heavy (non-hydrogen) atoms.